The van der Waals surface area contributed by atoms with E-state index in [0.29, 0.717) is 3.92 Å². The number of rotatable bonds is 1. The summed E-state index contributed by atoms with van der Waals surface area (Å²) in [6.07, 6.45) is 0. The summed E-state index contributed by atoms with van der Waals surface area (Å²) >= 11 is 2.40. The third-order valence-corrected chi connectivity index (χ3v) is 2.66. The van der Waals surface area contributed by atoms with Crippen molar-refractivity contribution in [1.82, 2.24) is 4.98 Å². The van der Waals surface area contributed by atoms with Crippen LogP contribution in [0.15, 0.2) is 6.07 Å². The van der Waals surface area contributed by atoms with Gasteiger partial charge in [0.2, 0.25) is 0 Å². The summed E-state index contributed by atoms with van der Waals surface area (Å²) < 4.78 is 0.502. The van der Waals surface area contributed by atoms with Crippen LogP contribution in [0.1, 0.15) is 33.4 Å². The van der Waals surface area contributed by atoms with Gasteiger partial charge in [0.25, 0.3) is 0 Å². The van der Waals surface area contributed by atoms with E-state index in [1.54, 1.807) is 0 Å². The van der Waals surface area contributed by atoms with E-state index in [1.807, 2.05) is 0 Å². The van der Waals surface area contributed by atoms with Crippen LogP contribution in [0.3, 0.4) is 0 Å². The maximum Gasteiger partial charge on any atom is 0.0561 e. The highest BCUT2D eigenvalue weighted by molar-refractivity contribution is 14.1. The number of aromatic nitrogens is 1. The van der Waals surface area contributed by atoms with E-state index in [2.05, 4.69) is 61.3 Å². The Morgan fingerprint density at radius 1 is 1.25 bits per heavy atom. The van der Waals surface area contributed by atoms with Crippen molar-refractivity contribution < 1.29 is 0 Å². The second-order valence-electron chi connectivity index (χ2n) is 3.21. The van der Waals surface area contributed by atoms with Crippen LogP contribution < -0.4 is 0 Å². The first-order valence-corrected chi connectivity index (χ1v) is 5.35. The Hall–Kier alpha value is -0.120. The molecule has 1 aromatic rings. The maximum atomic E-state index is 4.56. The summed E-state index contributed by atoms with van der Waals surface area (Å²) in [5.74, 6) is 0. The molecule has 1 unspecified atom stereocenters. The Labute approximate surface area is 87.7 Å². The second-order valence-corrected chi connectivity index (χ2v) is 5.08. The zero-order valence-corrected chi connectivity index (χ0v) is 10.1. The molecule has 1 heterocycles. The molecule has 0 fully saturated rings. The first-order chi connectivity index (χ1) is 5.52. The highest BCUT2D eigenvalue weighted by Gasteiger charge is 2.07. The largest absolute Gasteiger partial charge is 0.257 e. The Morgan fingerprint density at radius 2 is 1.83 bits per heavy atom. The van der Waals surface area contributed by atoms with Crippen molar-refractivity contribution in [2.75, 3.05) is 0 Å². The number of halogens is 1. The summed E-state index contributed by atoms with van der Waals surface area (Å²) in [4.78, 5) is 4.56. The fraction of sp³-hybridized carbons (Fsp3) is 0.500. The van der Waals surface area contributed by atoms with Crippen molar-refractivity contribution in [3.05, 3.63) is 28.6 Å². The van der Waals surface area contributed by atoms with Gasteiger partial charge in [-0.2, -0.15) is 0 Å². The zero-order valence-electron chi connectivity index (χ0n) is 7.98. The van der Waals surface area contributed by atoms with Crippen LogP contribution in [0.5, 0.6) is 0 Å². The van der Waals surface area contributed by atoms with Gasteiger partial charge in [0.15, 0.2) is 0 Å². The molecule has 0 bridgehead atoms. The van der Waals surface area contributed by atoms with Crippen LogP contribution in [0, 0.1) is 20.8 Å². The van der Waals surface area contributed by atoms with Crippen LogP contribution in [0.4, 0.5) is 0 Å². The minimum absolute atomic E-state index is 0.502. The van der Waals surface area contributed by atoms with Gasteiger partial charge in [-0.25, -0.2) is 0 Å². The molecule has 0 aromatic carbocycles. The van der Waals surface area contributed by atoms with E-state index in [-0.39, 0.29) is 0 Å². The van der Waals surface area contributed by atoms with E-state index in [4.69, 9.17) is 0 Å². The molecule has 0 amide bonds. The van der Waals surface area contributed by atoms with Crippen molar-refractivity contribution in [2.24, 2.45) is 0 Å². The summed E-state index contributed by atoms with van der Waals surface area (Å²) in [7, 11) is 0. The predicted molar refractivity (Wildman–Crippen MR) is 60.9 cm³/mol. The SMILES string of the molecule is Cc1cc(C)c(C(C)I)nc1C. The number of nitrogens with zero attached hydrogens (tertiary/aromatic N) is 1. The van der Waals surface area contributed by atoms with Crippen molar-refractivity contribution in [2.45, 2.75) is 31.6 Å². The molecule has 1 rings (SSSR count). The quantitative estimate of drug-likeness (QED) is 0.564. The van der Waals surface area contributed by atoms with Crippen LogP contribution >= 0.6 is 22.6 Å². The molecular formula is C10H14IN. The normalized spacial score (nSPS) is 13.1. The monoisotopic (exact) mass is 275 g/mol. The Balaban J connectivity index is 3.23. The van der Waals surface area contributed by atoms with Gasteiger partial charge in [0.05, 0.1) is 9.62 Å². The molecule has 0 aliphatic heterocycles. The number of hydrogen-bond acceptors (Lipinski definition) is 1. The summed E-state index contributed by atoms with van der Waals surface area (Å²) in [6.45, 7) is 8.48. The molecule has 2 heteroatoms. The Bertz CT molecular complexity index is 292. The molecule has 66 valence electrons. The third-order valence-electron chi connectivity index (χ3n) is 2.07. The van der Waals surface area contributed by atoms with E-state index in [0.717, 1.165) is 5.69 Å². The zero-order chi connectivity index (χ0) is 9.30. The van der Waals surface area contributed by atoms with Crippen molar-refractivity contribution in [3.8, 4) is 0 Å². The molecule has 0 N–H and O–H groups in total. The van der Waals surface area contributed by atoms with Gasteiger partial charge < -0.3 is 0 Å². The van der Waals surface area contributed by atoms with Gasteiger partial charge in [-0.3, -0.25) is 4.98 Å². The van der Waals surface area contributed by atoms with Gasteiger partial charge in [0, 0.05) is 5.69 Å². The lowest BCUT2D eigenvalue weighted by Gasteiger charge is -2.09. The van der Waals surface area contributed by atoms with Gasteiger partial charge in [-0.05, 0) is 38.8 Å². The lowest BCUT2D eigenvalue weighted by molar-refractivity contribution is 0.972. The molecule has 0 saturated heterocycles. The number of pyridine rings is 1. The lowest BCUT2D eigenvalue weighted by Crippen LogP contribution is -1.98. The van der Waals surface area contributed by atoms with Crippen molar-refractivity contribution in [3.63, 3.8) is 0 Å². The van der Waals surface area contributed by atoms with E-state index >= 15 is 0 Å². The van der Waals surface area contributed by atoms with Gasteiger partial charge in [0.1, 0.15) is 0 Å². The Kier molecular flexibility index (Phi) is 3.09. The number of aryl methyl sites for hydroxylation is 3. The predicted octanol–water partition coefficient (Wildman–Crippen LogP) is 3.50. The number of alkyl halides is 1. The number of hydrogen-bond donors (Lipinski definition) is 0. The highest BCUT2D eigenvalue weighted by atomic mass is 127. The lowest BCUT2D eigenvalue weighted by atomic mass is 10.1. The average Bonchev–Trinajstić information content (AvgIpc) is 1.96. The summed E-state index contributed by atoms with van der Waals surface area (Å²) in [5.41, 5.74) is 4.96. The summed E-state index contributed by atoms with van der Waals surface area (Å²) in [5, 5.41) is 0. The molecule has 1 atom stereocenters. The minimum Gasteiger partial charge on any atom is -0.257 e. The molecule has 0 radical (unpaired) electrons. The van der Waals surface area contributed by atoms with Crippen molar-refractivity contribution >= 4 is 22.6 Å². The van der Waals surface area contributed by atoms with Gasteiger partial charge in [-0.1, -0.05) is 28.7 Å². The second kappa shape index (κ2) is 3.73. The van der Waals surface area contributed by atoms with Gasteiger partial charge in [-0.15, -0.1) is 0 Å². The molecular weight excluding hydrogens is 261 g/mol. The van der Waals surface area contributed by atoms with Crippen LogP contribution in [-0.2, 0) is 0 Å². The highest BCUT2D eigenvalue weighted by Crippen LogP contribution is 2.24. The summed E-state index contributed by atoms with van der Waals surface area (Å²) in [6, 6.07) is 2.22. The molecule has 0 spiro atoms. The average molecular weight is 275 g/mol. The third kappa shape index (κ3) is 1.97. The van der Waals surface area contributed by atoms with E-state index in [9.17, 15) is 0 Å². The fourth-order valence-electron chi connectivity index (χ4n) is 1.26. The molecule has 1 aromatic heterocycles. The molecule has 0 saturated carbocycles. The smallest absolute Gasteiger partial charge is 0.0561 e. The first-order valence-electron chi connectivity index (χ1n) is 4.11. The van der Waals surface area contributed by atoms with Crippen LogP contribution in [0.25, 0.3) is 0 Å². The first kappa shape index (κ1) is 9.96. The maximum absolute atomic E-state index is 4.56. The standard InChI is InChI=1S/C10H14IN/c1-6-5-7(2)10(8(3)11)12-9(6)4/h5,8H,1-4H3. The van der Waals surface area contributed by atoms with Crippen molar-refractivity contribution in [1.29, 1.82) is 0 Å². The van der Waals surface area contributed by atoms with Gasteiger partial charge >= 0.3 is 0 Å². The van der Waals surface area contributed by atoms with E-state index < -0.39 is 0 Å². The molecule has 1 nitrogen and oxygen atoms in total. The topological polar surface area (TPSA) is 12.9 Å². The fourth-order valence-corrected chi connectivity index (χ4v) is 1.89. The minimum atomic E-state index is 0.502. The van der Waals surface area contributed by atoms with Crippen LogP contribution in [-0.4, -0.2) is 4.98 Å². The van der Waals surface area contributed by atoms with E-state index in [1.165, 1.54) is 16.8 Å². The molecule has 0 aliphatic rings. The Morgan fingerprint density at radius 3 is 2.33 bits per heavy atom. The van der Waals surface area contributed by atoms with Crippen LogP contribution in [0.2, 0.25) is 0 Å². The molecule has 12 heavy (non-hydrogen) atoms. The molecule has 0 aliphatic carbocycles.